The molecule has 0 saturated carbocycles. The van der Waals surface area contributed by atoms with Crippen molar-refractivity contribution in [3.63, 3.8) is 0 Å². The van der Waals surface area contributed by atoms with Gasteiger partial charge >= 0.3 is 0 Å². The van der Waals surface area contributed by atoms with Crippen LogP contribution >= 0.6 is 0 Å². The van der Waals surface area contributed by atoms with Gasteiger partial charge in [0.1, 0.15) is 5.69 Å². The number of fused-ring (bicyclic) bond motifs is 2. The first kappa shape index (κ1) is 25.3. The first-order valence-electron chi connectivity index (χ1n) is 12.0. The van der Waals surface area contributed by atoms with E-state index in [1.54, 1.807) is 6.92 Å². The fraction of sp³-hybridized carbons (Fsp3) is 0.310. The molecule has 0 amide bonds. The van der Waals surface area contributed by atoms with Crippen LogP contribution in [0.25, 0.3) is 21.9 Å². The van der Waals surface area contributed by atoms with Gasteiger partial charge in [0.05, 0.1) is 13.1 Å². The van der Waals surface area contributed by atoms with Crippen molar-refractivity contribution in [1.82, 2.24) is 10.1 Å². The van der Waals surface area contributed by atoms with Crippen LogP contribution in [0.1, 0.15) is 44.1 Å². The maximum Gasteiger partial charge on any atom is 0.242 e. The summed E-state index contributed by atoms with van der Waals surface area (Å²) in [7, 11) is 5.66. The van der Waals surface area contributed by atoms with Gasteiger partial charge in [0, 0.05) is 28.3 Å². The van der Waals surface area contributed by atoms with Gasteiger partial charge in [-0.05, 0) is 50.9 Å². The number of Topliss-reactive ketones (excluding diaryl/α,β-unsaturated/α-hetero) is 2. The van der Waals surface area contributed by atoms with Crippen molar-refractivity contribution in [2.24, 2.45) is 5.92 Å². The third-order valence-electron chi connectivity index (χ3n) is 6.49. The molecule has 0 aliphatic rings. The van der Waals surface area contributed by atoms with Crippen molar-refractivity contribution >= 4 is 33.4 Å². The van der Waals surface area contributed by atoms with Crippen molar-refractivity contribution in [2.45, 2.75) is 32.9 Å². The molecular weight excluding hydrogens is 452 g/mol. The van der Waals surface area contributed by atoms with Crippen molar-refractivity contribution in [3.8, 4) is 0 Å². The Morgan fingerprint density at radius 3 is 2.33 bits per heavy atom. The van der Waals surface area contributed by atoms with E-state index in [-0.39, 0.29) is 17.5 Å². The van der Waals surface area contributed by atoms with Crippen molar-refractivity contribution in [3.05, 3.63) is 84.2 Å². The molecule has 4 rings (SSSR count). The number of rotatable bonds is 9. The molecule has 2 aromatic heterocycles. The molecule has 0 spiro atoms. The molecule has 0 aliphatic carbocycles. The van der Waals surface area contributed by atoms with Crippen LogP contribution in [0.15, 0.2) is 77.5 Å². The number of benzene rings is 2. The maximum atomic E-state index is 13.6. The molecule has 2 aromatic carbocycles. The SMILES string of the molecule is C=C(C)C(=O)C(c1noc2ccccc12)N(C)[n+]1cc(C(C(=O)C(C)C)N(C)C)cc2ccccc21. The highest BCUT2D eigenvalue weighted by Gasteiger charge is 2.37. The summed E-state index contributed by atoms with van der Waals surface area (Å²) in [6.07, 6.45) is 1.94. The largest absolute Gasteiger partial charge is 0.356 e. The van der Waals surface area contributed by atoms with E-state index < -0.39 is 12.1 Å². The van der Waals surface area contributed by atoms with E-state index in [0.717, 1.165) is 21.9 Å². The van der Waals surface area contributed by atoms with Gasteiger partial charge in [0.25, 0.3) is 0 Å². The minimum absolute atomic E-state index is 0.126. The Morgan fingerprint density at radius 2 is 1.67 bits per heavy atom. The van der Waals surface area contributed by atoms with E-state index in [1.165, 1.54) is 0 Å². The van der Waals surface area contributed by atoms with Crippen molar-refractivity contribution < 1.29 is 18.8 Å². The second kappa shape index (κ2) is 10.0. The summed E-state index contributed by atoms with van der Waals surface area (Å²) in [6.45, 7) is 9.45. The molecule has 0 saturated heterocycles. The van der Waals surface area contributed by atoms with E-state index in [0.29, 0.717) is 16.9 Å². The van der Waals surface area contributed by atoms with E-state index in [9.17, 15) is 9.59 Å². The average molecular weight is 486 g/mol. The smallest absolute Gasteiger partial charge is 0.242 e. The van der Waals surface area contributed by atoms with Gasteiger partial charge in [0.2, 0.25) is 11.7 Å². The van der Waals surface area contributed by atoms with Gasteiger partial charge in [-0.2, -0.15) is 5.01 Å². The Kier molecular flexibility index (Phi) is 7.04. The number of likely N-dealkylation sites (N-methyl/N-ethyl adjacent to an activating group) is 2. The Bertz CT molecular complexity index is 1450. The van der Waals surface area contributed by atoms with Gasteiger partial charge in [-0.25, -0.2) is 0 Å². The first-order valence-corrected chi connectivity index (χ1v) is 12.0. The highest BCUT2D eigenvalue weighted by molar-refractivity contribution is 6.02. The van der Waals surface area contributed by atoms with Gasteiger partial charge in [-0.1, -0.05) is 54.5 Å². The van der Waals surface area contributed by atoms with Crippen LogP contribution in [0.2, 0.25) is 0 Å². The lowest BCUT2D eigenvalue weighted by Gasteiger charge is -2.26. The molecule has 2 heterocycles. The monoisotopic (exact) mass is 485 g/mol. The highest BCUT2D eigenvalue weighted by atomic mass is 16.5. The number of aromatic nitrogens is 2. The predicted molar refractivity (Wildman–Crippen MR) is 141 cm³/mol. The quantitative estimate of drug-likeness (QED) is 0.256. The van der Waals surface area contributed by atoms with Crippen LogP contribution in [0.4, 0.5) is 0 Å². The van der Waals surface area contributed by atoms with Crippen LogP contribution in [0.3, 0.4) is 0 Å². The molecule has 7 nitrogen and oxygen atoms in total. The number of pyridine rings is 1. The lowest BCUT2D eigenvalue weighted by molar-refractivity contribution is -0.668. The zero-order valence-corrected chi connectivity index (χ0v) is 21.7. The predicted octanol–water partition coefficient (Wildman–Crippen LogP) is 4.55. The summed E-state index contributed by atoms with van der Waals surface area (Å²) in [6, 6.07) is 16.3. The molecule has 4 aromatic rings. The highest BCUT2D eigenvalue weighted by Crippen LogP contribution is 2.29. The summed E-state index contributed by atoms with van der Waals surface area (Å²) in [5.41, 5.74) is 3.28. The number of carbonyl (C=O) groups excluding carboxylic acids is 2. The second-order valence-corrected chi connectivity index (χ2v) is 9.78. The van der Waals surface area contributed by atoms with Crippen LogP contribution in [-0.4, -0.2) is 42.8 Å². The summed E-state index contributed by atoms with van der Waals surface area (Å²) in [5.74, 6) is -0.170. The van der Waals surface area contributed by atoms with Gasteiger partial charge < -0.3 is 4.52 Å². The van der Waals surface area contributed by atoms with Crippen LogP contribution < -0.4 is 9.69 Å². The van der Waals surface area contributed by atoms with Gasteiger partial charge in [-0.3, -0.25) is 14.5 Å². The number of nitrogens with zero attached hydrogens (tertiary/aromatic N) is 4. The van der Waals surface area contributed by atoms with E-state index in [2.05, 4.69) is 11.7 Å². The summed E-state index contributed by atoms with van der Waals surface area (Å²) >= 11 is 0. The lowest BCUT2D eigenvalue weighted by atomic mass is 9.94. The third-order valence-corrected chi connectivity index (χ3v) is 6.49. The molecule has 7 heteroatoms. The molecule has 2 atom stereocenters. The van der Waals surface area contributed by atoms with E-state index >= 15 is 0 Å². The van der Waals surface area contributed by atoms with Crippen LogP contribution in [0, 0.1) is 5.92 Å². The number of carbonyl (C=O) groups is 2. The Hall–Kier alpha value is -3.84. The zero-order valence-electron chi connectivity index (χ0n) is 21.7. The summed E-state index contributed by atoms with van der Waals surface area (Å²) < 4.78 is 7.50. The Labute approximate surface area is 211 Å². The molecular formula is C29H33N4O3+. The topological polar surface area (TPSA) is 70.5 Å². The number of para-hydroxylation sites is 2. The average Bonchev–Trinajstić information content (AvgIpc) is 3.27. The summed E-state index contributed by atoms with van der Waals surface area (Å²) in [4.78, 5) is 28.7. The van der Waals surface area contributed by atoms with E-state index in [4.69, 9.17) is 4.52 Å². The molecule has 0 aliphatic heterocycles. The zero-order chi connectivity index (χ0) is 26.1. The van der Waals surface area contributed by atoms with Gasteiger partial charge in [0.15, 0.2) is 23.2 Å². The van der Waals surface area contributed by atoms with Gasteiger partial charge in [-0.15, -0.1) is 0 Å². The third kappa shape index (κ3) is 4.54. The van der Waals surface area contributed by atoms with Crippen LogP contribution in [0.5, 0.6) is 0 Å². The molecule has 0 bridgehead atoms. The Balaban J connectivity index is 1.95. The number of hydrogen-bond donors (Lipinski definition) is 0. The summed E-state index contributed by atoms with van der Waals surface area (Å²) in [5, 5.41) is 7.88. The second-order valence-electron chi connectivity index (χ2n) is 9.78. The number of ketones is 2. The first-order chi connectivity index (χ1) is 17.1. The fourth-order valence-electron chi connectivity index (χ4n) is 4.62. The standard InChI is InChI=1S/C29H33N4O3/c1-18(2)28(34)26(31(5)6)21-16-20-12-8-10-14-23(20)33(17-21)32(7)27(29(35)19(3)4)25-22-13-9-11-15-24(22)36-30-25/h8-18,26-27H,3H2,1-2,4-7H3/q+1. The normalized spacial score (nSPS) is 13.3. The molecule has 0 N–H and O–H groups in total. The van der Waals surface area contributed by atoms with Crippen LogP contribution in [-0.2, 0) is 9.59 Å². The fourth-order valence-corrected chi connectivity index (χ4v) is 4.62. The van der Waals surface area contributed by atoms with E-state index in [1.807, 2.05) is 110 Å². The minimum Gasteiger partial charge on any atom is -0.356 e. The molecule has 0 radical (unpaired) electrons. The molecule has 186 valence electrons. The minimum atomic E-state index is -0.784. The number of hydrogen-bond acceptors (Lipinski definition) is 6. The lowest BCUT2D eigenvalue weighted by Crippen LogP contribution is -2.59. The Morgan fingerprint density at radius 1 is 1.00 bits per heavy atom. The molecule has 36 heavy (non-hydrogen) atoms. The van der Waals surface area contributed by atoms with Crippen molar-refractivity contribution in [2.75, 3.05) is 26.2 Å². The van der Waals surface area contributed by atoms with Crippen molar-refractivity contribution in [1.29, 1.82) is 0 Å². The molecule has 2 unspecified atom stereocenters. The molecule has 0 fully saturated rings. The maximum absolute atomic E-state index is 13.6.